The van der Waals surface area contributed by atoms with Crippen molar-refractivity contribution in [2.45, 2.75) is 19.4 Å². The molecule has 1 atom stereocenters. The number of nitrogens with zero attached hydrogens (tertiary/aromatic N) is 8. The fraction of sp³-hybridized carbons (Fsp3) is 0.259. The number of amides is 1. The van der Waals surface area contributed by atoms with Crippen LogP contribution in [0.5, 0.6) is 0 Å². The number of carboxylic acid groups (broad SMARTS) is 1. The molecule has 1 fully saturated rings. The second kappa shape index (κ2) is 10.7. The number of anilines is 3. The van der Waals surface area contributed by atoms with Crippen LogP contribution >= 0.6 is 15.9 Å². The average molecular weight is 604 g/mol. The Balaban J connectivity index is 1.25. The Morgan fingerprint density at radius 2 is 2.00 bits per heavy atom. The number of aryl methyl sites for hydroxylation is 1. The summed E-state index contributed by atoms with van der Waals surface area (Å²) >= 11 is 3.60. The molecule has 1 unspecified atom stereocenters. The van der Waals surface area contributed by atoms with Crippen LogP contribution in [0.1, 0.15) is 16.7 Å². The Kier molecular flexibility index (Phi) is 6.90. The molecule has 0 saturated carbocycles. The highest BCUT2D eigenvalue weighted by Gasteiger charge is 2.31. The third-order valence-electron chi connectivity index (χ3n) is 7.13. The molecule has 1 aliphatic rings. The standard InChI is InChI=1S/C27H26BrN9O3/c1-16-8-19(3-2-18(16)9-17-4-5-37-23(10-17)30-15-32-37)33-25-24-22(29-14-31-25)11-21(28)26(34-24)35-6-7-36(27(39)40)20(12-35)13-38/h2-5,8,10-11,14-15,20,38H,6-7,9,12-13H2,1H3,(H,39,40)(H,29,31,33). The molecule has 1 amide bonds. The summed E-state index contributed by atoms with van der Waals surface area (Å²) in [6, 6.07) is 11.6. The number of aliphatic hydroxyl groups excluding tert-OH is 1. The minimum Gasteiger partial charge on any atom is -0.465 e. The van der Waals surface area contributed by atoms with Gasteiger partial charge in [0, 0.05) is 31.5 Å². The van der Waals surface area contributed by atoms with E-state index in [4.69, 9.17) is 4.98 Å². The molecule has 1 aliphatic heterocycles. The van der Waals surface area contributed by atoms with Gasteiger partial charge in [-0.2, -0.15) is 5.10 Å². The molecule has 204 valence electrons. The minimum absolute atomic E-state index is 0.265. The van der Waals surface area contributed by atoms with Crippen molar-refractivity contribution in [1.82, 2.24) is 34.4 Å². The van der Waals surface area contributed by atoms with Crippen molar-refractivity contribution in [2.75, 3.05) is 36.5 Å². The normalized spacial score (nSPS) is 15.6. The molecule has 40 heavy (non-hydrogen) atoms. The van der Waals surface area contributed by atoms with E-state index in [1.165, 1.54) is 16.8 Å². The molecule has 1 saturated heterocycles. The number of hydrogen-bond acceptors (Lipinski definition) is 9. The Bertz CT molecular complexity index is 1730. The molecule has 0 bridgehead atoms. The number of nitrogens with one attached hydrogen (secondary N) is 1. The second-order valence-corrected chi connectivity index (χ2v) is 10.5. The Morgan fingerprint density at radius 1 is 1.12 bits per heavy atom. The van der Waals surface area contributed by atoms with E-state index < -0.39 is 12.1 Å². The van der Waals surface area contributed by atoms with Gasteiger partial charge >= 0.3 is 6.09 Å². The van der Waals surface area contributed by atoms with Gasteiger partial charge in [0.2, 0.25) is 0 Å². The summed E-state index contributed by atoms with van der Waals surface area (Å²) in [5.74, 6) is 1.20. The van der Waals surface area contributed by atoms with E-state index in [0.29, 0.717) is 35.8 Å². The summed E-state index contributed by atoms with van der Waals surface area (Å²) in [5.41, 5.74) is 6.42. The lowest BCUT2D eigenvalue weighted by Gasteiger charge is -2.40. The van der Waals surface area contributed by atoms with Crippen molar-refractivity contribution in [3.8, 4) is 0 Å². The van der Waals surface area contributed by atoms with Gasteiger partial charge < -0.3 is 20.4 Å². The fourth-order valence-electron chi connectivity index (χ4n) is 5.02. The molecule has 5 heterocycles. The lowest BCUT2D eigenvalue weighted by atomic mass is 10.0. The zero-order valence-electron chi connectivity index (χ0n) is 21.6. The number of carbonyl (C=O) groups is 1. The molecule has 5 aromatic rings. The topological polar surface area (TPSA) is 145 Å². The number of pyridine rings is 2. The average Bonchev–Trinajstić information content (AvgIpc) is 3.42. The minimum atomic E-state index is -1.04. The molecule has 1 aromatic carbocycles. The van der Waals surface area contributed by atoms with Crippen LogP contribution in [0.2, 0.25) is 0 Å². The molecule has 0 spiro atoms. The fourth-order valence-corrected chi connectivity index (χ4v) is 5.57. The number of aliphatic hydroxyl groups is 1. The van der Waals surface area contributed by atoms with E-state index in [0.717, 1.165) is 33.4 Å². The van der Waals surface area contributed by atoms with E-state index >= 15 is 0 Å². The monoisotopic (exact) mass is 603 g/mol. The maximum Gasteiger partial charge on any atom is 0.407 e. The summed E-state index contributed by atoms with van der Waals surface area (Å²) < 4.78 is 2.48. The molecule has 12 nitrogen and oxygen atoms in total. The maximum absolute atomic E-state index is 11.5. The summed E-state index contributed by atoms with van der Waals surface area (Å²) in [6.07, 6.45) is 4.69. The van der Waals surface area contributed by atoms with E-state index in [9.17, 15) is 15.0 Å². The third kappa shape index (κ3) is 5.00. The van der Waals surface area contributed by atoms with E-state index in [-0.39, 0.29) is 13.2 Å². The molecule has 0 radical (unpaired) electrons. The SMILES string of the molecule is Cc1cc(Nc2ncnc3cc(Br)c(N4CCN(C(=O)O)C(CO)C4)nc23)ccc1Cc1ccn2ncnc2c1. The first-order valence-corrected chi connectivity index (χ1v) is 13.5. The van der Waals surface area contributed by atoms with Crippen molar-refractivity contribution < 1.29 is 15.0 Å². The first-order valence-electron chi connectivity index (χ1n) is 12.7. The van der Waals surface area contributed by atoms with Crippen molar-refractivity contribution in [3.63, 3.8) is 0 Å². The predicted octanol–water partition coefficient (Wildman–Crippen LogP) is 3.63. The van der Waals surface area contributed by atoms with Gasteiger partial charge in [-0.15, -0.1) is 0 Å². The third-order valence-corrected chi connectivity index (χ3v) is 7.71. The van der Waals surface area contributed by atoms with Gasteiger partial charge in [0.25, 0.3) is 0 Å². The highest BCUT2D eigenvalue weighted by Crippen LogP contribution is 2.32. The Morgan fingerprint density at radius 3 is 2.80 bits per heavy atom. The second-order valence-electron chi connectivity index (χ2n) is 9.68. The molecule has 13 heteroatoms. The van der Waals surface area contributed by atoms with Gasteiger partial charge in [-0.25, -0.2) is 29.2 Å². The highest BCUT2D eigenvalue weighted by molar-refractivity contribution is 9.10. The molecule has 0 aliphatic carbocycles. The molecule has 4 aromatic heterocycles. The quantitative estimate of drug-likeness (QED) is 0.263. The van der Waals surface area contributed by atoms with Crippen LogP contribution in [0, 0.1) is 6.92 Å². The number of piperazine rings is 1. The zero-order valence-corrected chi connectivity index (χ0v) is 23.2. The van der Waals surface area contributed by atoms with Crippen LogP contribution in [-0.2, 0) is 6.42 Å². The lowest BCUT2D eigenvalue weighted by molar-refractivity contribution is 0.0909. The van der Waals surface area contributed by atoms with Crippen LogP contribution in [0.4, 0.5) is 22.1 Å². The van der Waals surface area contributed by atoms with Gasteiger partial charge in [-0.3, -0.25) is 4.90 Å². The van der Waals surface area contributed by atoms with Crippen LogP contribution in [-0.4, -0.2) is 83.0 Å². The van der Waals surface area contributed by atoms with E-state index in [1.54, 1.807) is 10.8 Å². The summed E-state index contributed by atoms with van der Waals surface area (Å²) in [6.45, 7) is 2.84. The lowest BCUT2D eigenvalue weighted by Crippen LogP contribution is -2.56. The van der Waals surface area contributed by atoms with Crippen LogP contribution < -0.4 is 10.2 Å². The molecule has 3 N–H and O–H groups in total. The smallest absolute Gasteiger partial charge is 0.407 e. The van der Waals surface area contributed by atoms with Crippen molar-refractivity contribution >= 4 is 56.0 Å². The summed E-state index contributed by atoms with van der Waals surface area (Å²) in [5, 5.41) is 26.8. The van der Waals surface area contributed by atoms with Crippen LogP contribution in [0.15, 0.2) is 59.7 Å². The van der Waals surface area contributed by atoms with Gasteiger partial charge in [0.15, 0.2) is 11.5 Å². The Hall–Kier alpha value is -4.36. The van der Waals surface area contributed by atoms with Gasteiger partial charge in [0.05, 0.1) is 22.6 Å². The number of aromatic nitrogens is 6. The first-order chi connectivity index (χ1) is 19.4. The van der Waals surface area contributed by atoms with Gasteiger partial charge in [-0.05, 0) is 76.3 Å². The van der Waals surface area contributed by atoms with Crippen LogP contribution in [0.3, 0.4) is 0 Å². The number of hydrogen-bond donors (Lipinski definition) is 3. The van der Waals surface area contributed by atoms with Crippen molar-refractivity contribution in [1.29, 1.82) is 0 Å². The number of halogens is 1. The number of fused-ring (bicyclic) bond motifs is 2. The van der Waals surface area contributed by atoms with Crippen molar-refractivity contribution in [3.05, 3.63) is 76.4 Å². The summed E-state index contributed by atoms with van der Waals surface area (Å²) in [4.78, 5) is 32.8. The molecule has 6 rings (SSSR count). The zero-order chi connectivity index (χ0) is 27.8. The summed E-state index contributed by atoms with van der Waals surface area (Å²) in [7, 11) is 0. The van der Waals surface area contributed by atoms with Gasteiger partial charge in [-0.1, -0.05) is 6.07 Å². The number of rotatable bonds is 6. The largest absolute Gasteiger partial charge is 0.465 e. The maximum atomic E-state index is 11.5. The Labute approximate surface area is 237 Å². The molecular weight excluding hydrogens is 578 g/mol. The highest BCUT2D eigenvalue weighted by atomic mass is 79.9. The van der Waals surface area contributed by atoms with Crippen molar-refractivity contribution in [2.24, 2.45) is 0 Å². The predicted molar refractivity (Wildman–Crippen MR) is 153 cm³/mol. The molecular formula is C27H26BrN9O3. The van der Waals surface area contributed by atoms with E-state index in [1.807, 2.05) is 35.4 Å². The first kappa shape index (κ1) is 25.9. The van der Waals surface area contributed by atoms with E-state index in [2.05, 4.69) is 60.4 Å². The number of benzene rings is 1. The van der Waals surface area contributed by atoms with Gasteiger partial charge in [0.1, 0.15) is 24.0 Å². The van der Waals surface area contributed by atoms with Crippen LogP contribution in [0.25, 0.3) is 16.7 Å².